The summed E-state index contributed by atoms with van der Waals surface area (Å²) >= 11 is 0. The standard InChI is InChI=1S/C24H28N2O4/c1-2-30-22(27)13-6-3-10-19-15-14-18(17-25-19)9-7-8-16-26-23(28)20-11-4-5-12-21(20)24(26)29/h4-5,11-12,14-15,17H,2-3,6-10,13,16H2,1H3. The smallest absolute Gasteiger partial charge is 0.305 e. The van der Waals surface area contributed by atoms with Crippen molar-refractivity contribution in [3.8, 4) is 0 Å². The molecule has 0 bridgehead atoms. The van der Waals surface area contributed by atoms with Gasteiger partial charge in [0.05, 0.1) is 17.7 Å². The van der Waals surface area contributed by atoms with Gasteiger partial charge in [-0.3, -0.25) is 24.3 Å². The molecule has 0 atom stereocenters. The first-order valence-electron chi connectivity index (χ1n) is 10.6. The fourth-order valence-corrected chi connectivity index (χ4v) is 3.60. The number of ether oxygens (including phenoxy) is 1. The van der Waals surface area contributed by atoms with Crippen LogP contribution in [-0.4, -0.2) is 40.8 Å². The number of fused-ring (bicyclic) bond motifs is 1. The number of pyridine rings is 1. The number of nitrogens with zero attached hydrogens (tertiary/aromatic N) is 2. The highest BCUT2D eigenvalue weighted by atomic mass is 16.5. The van der Waals surface area contributed by atoms with Crippen LogP contribution in [0.5, 0.6) is 0 Å². The number of benzene rings is 1. The van der Waals surface area contributed by atoms with Crippen molar-refractivity contribution in [1.82, 2.24) is 9.88 Å². The Labute approximate surface area is 177 Å². The van der Waals surface area contributed by atoms with Crippen LogP contribution >= 0.6 is 0 Å². The van der Waals surface area contributed by atoms with Crippen LogP contribution in [0.2, 0.25) is 0 Å². The molecular weight excluding hydrogens is 380 g/mol. The topological polar surface area (TPSA) is 76.6 Å². The minimum atomic E-state index is -0.190. The lowest BCUT2D eigenvalue weighted by Gasteiger charge is -2.13. The third-order valence-electron chi connectivity index (χ3n) is 5.23. The highest BCUT2D eigenvalue weighted by Crippen LogP contribution is 2.22. The van der Waals surface area contributed by atoms with E-state index in [9.17, 15) is 14.4 Å². The van der Waals surface area contributed by atoms with E-state index in [1.807, 2.05) is 19.2 Å². The second-order valence-electron chi connectivity index (χ2n) is 7.43. The van der Waals surface area contributed by atoms with Gasteiger partial charge >= 0.3 is 5.97 Å². The van der Waals surface area contributed by atoms with Crippen molar-refractivity contribution in [2.45, 2.75) is 51.9 Å². The molecule has 1 aromatic carbocycles. The Hall–Kier alpha value is -3.02. The lowest BCUT2D eigenvalue weighted by Crippen LogP contribution is -2.30. The zero-order valence-corrected chi connectivity index (χ0v) is 17.4. The summed E-state index contributed by atoms with van der Waals surface area (Å²) in [6.07, 6.45) is 7.42. The molecule has 1 aliphatic heterocycles. The summed E-state index contributed by atoms with van der Waals surface area (Å²) in [5, 5.41) is 0. The van der Waals surface area contributed by atoms with Gasteiger partial charge in [-0.1, -0.05) is 18.2 Å². The van der Waals surface area contributed by atoms with E-state index in [4.69, 9.17) is 4.74 Å². The Morgan fingerprint density at radius 1 is 0.933 bits per heavy atom. The van der Waals surface area contributed by atoms with Gasteiger partial charge in [-0.2, -0.15) is 0 Å². The normalized spacial score (nSPS) is 12.9. The van der Waals surface area contributed by atoms with Crippen LogP contribution in [0.4, 0.5) is 0 Å². The highest BCUT2D eigenvalue weighted by Gasteiger charge is 2.34. The fraction of sp³-hybridized carbons (Fsp3) is 0.417. The van der Waals surface area contributed by atoms with Crippen molar-refractivity contribution in [3.63, 3.8) is 0 Å². The molecule has 2 aromatic rings. The number of carbonyl (C=O) groups is 3. The van der Waals surface area contributed by atoms with Gasteiger partial charge in [-0.15, -0.1) is 0 Å². The Morgan fingerprint density at radius 2 is 1.63 bits per heavy atom. The van der Waals surface area contributed by atoms with E-state index in [0.29, 0.717) is 30.7 Å². The van der Waals surface area contributed by atoms with E-state index in [1.54, 1.807) is 24.3 Å². The predicted octanol–water partition coefficient (Wildman–Crippen LogP) is 3.98. The van der Waals surface area contributed by atoms with Crippen LogP contribution in [0.15, 0.2) is 42.6 Å². The van der Waals surface area contributed by atoms with E-state index in [1.165, 1.54) is 4.90 Å². The molecule has 0 aliphatic carbocycles. The summed E-state index contributed by atoms with van der Waals surface area (Å²) in [5.74, 6) is -0.517. The summed E-state index contributed by atoms with van der Waals surface area (Å²) in [6, 6.07) is 11.1. The van der Waals surface area contributed by atoms with E-state index in [-0.39, 0.29) is 17.8 Å². The number of rotatable bonds is 11. The quantitative estimate of drug-likeness (QED) is 0.319. The second-order valence-corrected chi connectivity index (χ2v) is 7.43. The van der Waals surface area contributed by atoms with E-state index >= 15 is 0 Å². The van der Waals surface area contributed by atoms with Crippen molar-refractivity contribution >= 4 is 17.8 Å². The molecule has 158 valence electrons. The number of hydrogen-bond donors (Lipinski definition) is 0. The van der Waals surface area contributed by atoms with Crippen molar-refractivity contribution in [2.24, 2.45) is 0 Å². The minimum absolute atomic E-state index is 0.137. The van der Waals surface area contributed by atoms with Crippen molar-refractivity contribution < 1.29 is 19.1 Å². The van der Waals surface area contributed by atoms with E-state index in [2.05, 4.69) is 11.1 Å². The van der Waals surface area contributed by atoms with Gasteiger partial charge in [0.2, 0.25) is 0 Å². The van der Waals surface area contributed by atoms with E-state index in [0.717, 1.165) is 49.8 Å². The molecule has 2 heterocycles. The van der Waals surface area contributed by atoms with Gasteiger partial charge in [0, 0.05) is 24.9 Å². The maximum atomic E-state index is 12.4. The lowest BCUT2D eigenvalue weighted by atomic mass is 10.1. The summed E-state index contributed by atoms with van der Waals surface area (Å²) in [6.45, 7) is 2.69. The number of hydrogen-bond acceptors (Lipinski definition) is 5. The zero-order valence-electron chi connectivity index (χ0n) is 17.4. The van der Waals surface area contributed by atoms with Crippen LogP contribution < -0.4 is 0 Å². The number of imide groups is 1. The SMILES string of the molecule is CCOC(=O)CCCCc1ccc(CCCCN2C(=O)c3ccccc3C2=O)cn1. The van der Waals surface area contributed by atoms with Gasteiger partial charge in [0.25, 0.3) is 11.8 Å². The molecule has 0 radical (unpaired) electrons. The highest BCUT2D eigenvalue weighted by molar-refractivity contribution is 6.21. The number of carbonyl (C=O) groups excluding carboxylic acids is 3. The van der Waals surface area contributed by atoms with Crippen molar-refractivity contribution in [2.75, 3.05) is 13.2 Å². The molecule has 30 heavy (non-hydrogen) atoms. The first kappa shape index (κ1) is 21.7. The van der Waals surface area contributed by atoms with Crippen LogP contribution in [0.1, 0.15) is 71.0 Å². The molecule has 0 N–H and O–H groups in total. The molecule has 0 fully saturated rings. The molecular formula is C24H28N2O4. The van der Waals surface area contributed by atoms with Gasteiger partial charge in [-0.25, -0.2) is 0 Å². The molecule has 6 nitrogen and oxygen atoms in total. The van der Waals surface area contributed by atoms with Gasteiger partial charge in [0.1, 0.15) is 0 Å². The molecule has 0 spiro atoms. The Morgan fingerprint density at radius 3 is 2.27 bits per heavy atom. The predicted molar refractivity (Wildman–Crippen MR) is 113 cm³/mol. The molecule has 0 unspecified atom stereocenters. The number of aryl methyl sites for hydroxylation is 2. The number of esters is 1. The molecule has 1 aliphatic rings. The maximum Gasteiger partial charge on any atom is 0.305 e. The summed E-state index contributed by atoms with van der Waals surface area (Å²) in [5.41, 5.74) is 3.18. The lowest BCUT2D eigenvalue weighted by molar-refractivity contribution is -0.143. The third kappa shape index (κ3) is 5.53. The average Bonchev–Trinajstić information content (AvgIpc) is 3.00. The first-order valence-corrected chi connectivity index (χ1v) is 10.6. The molecule has 0 saturated carbocycles. The minimum Gasteiger partial charge on any atom is -0.466 e. The van der Waals surface area contributed by atoms with Crippen LogP contribution in [0, 0.1) is 0 Å². The summed E-state index contributed by atoms with van der Waals surface area (Å²) in [7, 11) is 0. The first-order chi connectivity index (χ1) is 14.6. The summed E-state index contributed by atoms with van der Waals surface area (Å²) in [4.78, 5) is 41.9. The van der Waals surface area contributed by atoms with Crippen LogP contribution in [-0.2, 0) is 22.4 Å². The van der Waals surface area contributed by atoms with Crippen molar-refractivity contribution in [1.29, 1.82) is 0 Å². The Bertz CT molecular complexity index is 857. The molecule has 6 heteroatoms. The summed E-state index contributed by atoms with van der Waals surface area (Å²) < 4.78 is 4.92. The number of unbranched alkanes of at least 4 members (excludes halogenated alkanes) is 2. The van der Waals surface area contributed by atoms with Crippen LogP contribution in [0.3, 0.4) is 0 Å². The monoisotopic (exact) mass is 408 g/mol. The third-order valence-corrected chi connectivity index (χ3v) is 5.23. The number of aromatic nitrogens is 1. The zero-order chi connectivity index (χ0) is 21.3. The second kappa shape index (κ2) is 10.7. The van der Waals surface area contributed by atoms with Crippen LogP contribution in [0.25, 0.3) is 0 Å². The molecule has 2 amide bonds. The van der Waals surface area contributed by atoms with E-state index < -0.39 is 0 Å². The van der Waals surface area contributed by atoms with Gasteiger partial charge < -0.3 is 4.74 Å². The number of amides is 2. The molecule has 0 saturated heterocycles. The largest absolute Gasteiger partial charge is 0.466 e. The van der Waals surface area contributed by atoms with Gasteiger partial charge in [-0.05, 0) is 69.2 Å². The molecule has 1 aromatic heterocycles. The maximum absolute atomic E-state index is 12.4. The Kier molecular flexibility index (Phi) is 7.71. The fourth-order valence-electron chi connectivity index (χ4n) is 3.60. The van der Waals surface area contributed by atoms with Crippen molar-refractivity contribution in [3.05, 3.63) is 65.0 Å². The Balaban J connectivity index is 1.35. The molecule has 3 rings (SSSR count). The average molecular weight is 408 g/mol. The van der Waals surface area contributed by atoms with Gasteiger partial charge in [0.15, 0.2) is 0 Å².